The maximum absolute atomic E-state index is 13.0. The first-order chi connectivity index (χ1) is 13.1. The van der Waals surface area contributed by atoms with E-state index in [9.17, 15) is 4.79 Å². The first kappa shape index (κ1) is 17.8. The summed E-state index contributed by atoms with van der Waals surface area (Å²) < 4.78 is 9.49. The fraction of sp³-hybridized carbons (Fsp3) is 0.318. The van der Waals surface area contributed by atoms with E-state index in [1.807, 2.05) is 41.8 Å². The van der Waals surface area contributed by atoms with Gasteiger partial charge in [-0.15, -0.1) is 0 Å². The molecule has 2 heterocycles. The third kappa shape index (κ3) is 3.61. The van der Waals surface area contributed by atoms with Crippen molar-refractivity contribution in [1.29, 1.82) is 0 Å². The topological polar surface area (TPSA) is 39.4 Å². The summed E-state index contributed by atoms with van der Waals surface area (Å²) in [6.07, 6.45) is -0.00969. The summed E-state index contributed by atoms with van der Waals surface area (Å²) in [6, 6.07) is 18.3. The Kier molecular flexibility index (Phi) is 4.97. The molecule has 0 amide bonds. The van der Waals surface area contributed by atoms with Gasteiger partial charge in [-0.2, -0.15) is 0 Å². The number of aromatic nitrogens is 2. The summed E-state index contributed by atoms with van der Waals surface area (Å²) in [4.78, 5) is 15.4. The smallest absolute Gasteiger partial charge is 0.333 e. The number of imidazole rings is 1. The predicted molar refractivity (Wildman–Crippen MR) is 109 cm³/mol. The molecule has 27 heavy (non-hydrogen) atoms. The van der Waals surface area contributed by atoms with Crippen LogP contribution in [0.3, 0.4) is 0 Å². The van der Waals surface area contributed by atoms with E-state index in [-0.39, 0.29) is 11.8 Å². The molecule has 1 fully saturated rings. The van der Waals surface area contributed by atoms with Gasteiger partial charge in [-0.3, -0.25) is 14.0 Å². The highest BCUT2D eigenvalue weighted by Crippen LogP contribution is 2.18. The number of benzene rings is 2. The zero-order valence-electron chi connectivity index (χ0n) is 15.7. The van der Waals surface area contributed by atoms with Crippen molar-refractivity contribution in [2.75, 3.05) is 19.7 Å². The lowest BCUT2D eigenvalue weighted by atomic mass is 10.2. The van der Waals surface area contributed by atoms with Crippen molar-refractivity contribution in [2.45, 2.75) is 26.1 Å². The number of hydrogen-bond acceptors (Lipinski definition) is 3. The minimum Gasteiger partial charge on any atom is -0.374 e. The molecule has 0 spiro atoms. The Labute approximate surface area is 159 Å². The molecule has 4 rings (SSSR count). The molecule has 0 bridgehead atoms. The second-order valence-electron chi connectivity index (χ2n) is 7.17. The minimum absolute atomic E-state index is 0.00969. The van der Waals surface area contributed by atoms with Crippen LogP contribution in [0, 0.1) is 0 Å². The summed E-state index contributed by atoms with van der Waals surface area (Å²) in [6.45, 7) is 9.69. The van der Waals surface area contributed by atoms with Crippen molar-refractivity contribution in [3.8, 4) is 0 Å². The van der Waals surface area contributed by atoms with Gasteiger partial charge in [0.05, 0.1) is 30.3 Å². The molecule has 0 radical (unpaired) electrons. The van der Waals surface area contributed by atoms with Gasteiger partial charge in [-0.05, 0) is 24.6 Å². The molecule has 1 unspecified atom stereocenters. The number of nitrogens with zero attached hydrogens (tertiary/aromatic N) is 3. The van der Waals surface area contributed by atoms with Crippen molar-refractivity contribution >= 4 is 16.7 Å². The van der Waals surface area contributed by atoms with Gasteiger partial charge >= 0.3 is 5.69 Å². The number of ether oxygens (including phenoxy) is 1. The highest BCUT2D eigenvalue weighted by molar-refractivity contribution is 5.79. The monoisotopic (exact) mass is 363 g/mol. The maximum atomic E-state index is 13.0. The lowest BCUT2D eigenvalue weighted by Crippen LogP contribution is -2.44. The zero-order chi connectivity index (χ0) is 18.8. The van der Waals surface area contributed by atoms with Crippen LogP contribution in [0.1, 0.15) is 12.5 Å². The van der Waals surface area contributed by atoms with E-state index in [0.717, 1.165) is 36.4 Å². The number of fused-ring (bicyclic) bond motifs is 1. The van der Waals surface area contributed by atoms with Crippen LogP contribution in [0.15, 0.2) is 66.0 Å². The molecule has 140 valence electrons. The average molecular weight is 363 g/mol. The summed E-state index contributed by atoms with van der Waals surface area (Å²) >= 11 is 0. The molecule has 2 aromatic carbocycles. The maximum Gasteiger partial charge on any atom is 0.333 e. The van der Waals surface area contributed by atoms with Crippen LogP contribution in [0.25, 0.3) is 16.7 Å². The Morgan fingerprint density at radius 3 is 2.56 bits per heavy atom. The van der Waals surface area contributed by atoms with E-state index < -0.39 is 0 Å². The first-order valence-corrected chi connectivity index (χ1v) is 9.37. The van der Waals surface area contributed by atoms with E-state index >= 15 is 0 Å². The zero-order valence-corrected chi connectivity index (χ0v) is 15.7. The number of para-hydroxylation sites is 2. The normalized spacial score (nSPS) is 18.0. The summed E-state index contributed by atoms with van der Waals surface area (Å²) in [5, 5.41) is 0. The fourth-order valence-electron chi connectivity index (χ4n) is 3.83. The second-order valence-corrected chi connectivity index (χ2v) is 7.17. The molecule has 0 saturated carbocycles. The Hall–Kier alpha value is -2.63. The van der Waals surface area contributed by atoms with Gasteiger partial charge in [-0.1, -0.05) is 49.0 Å². The van der Waals surface area contributed by atoms with Crippen molar-refractivity contribution in [2.24, 2.45) is 0 Å². The molecular formula is C22H25N3O2. The van der Waals surface area contributed by atoms with Gasteiger partial charge in [0.2, 0.25) is 0 Å². The van der Waals surface area contributed by atoms with Crippen LogP contribution in [-0.4, -0.2) is 39.8 Å². The highest BCUT2D eigenvalue weighted by Gasteiger charge is 2.23. The number of allylic oxidation sites excluding steroid dienone is 1. The van der Waals surface area contributed by atoms with Crippen LogP contribution in [0.5, 0.6) is 0 Å². The van der Waals surface area contributed by atoms with Gasteiger partial charge in [-0.25, -0.2) is 4.79 Å². The Bertz CT molecular complexity index is 1000. The quantitative estimate of drug-likeness (QED) is 0.699. The van der Waals surface area contributed by atoms with E-state index in [4.69, 9.17) is 4.74 Å². The fourth-order valence-corrected chi connectivity index (χ4v) is 3.83. The second kappa shape index (κ2) is 7.55. The standard InChI is InChI=1S/C22H25N3O2/c1-17(2)25-21-11-7-6-10-20(21)24(22(25)26)16-19-15-23(12-13-27-19)14-18-8-4-3-5-9-18/h3-11,19H,1,12-16H2,2H3. The number of morpholine rings is 1. The molecule has 0 N–H and O–H groups in total. The molecule has 1 atom stereocenters. The average Bonchev–Trinajstić information content (AvgIpc) is 2.95. The van der Waals surface area contributed by atoms with Crippen LogP contribution in [0.2, 0.25) is 0 Å². The van der Waals surface area contributed by atoms with Crippen LogP contribution in [0.4, 0.5) is 0 Å². The molecule has 1 aliphatic heterocycles. The first-order valence-electron chi connectivity index (χ1n) is 9.37. The van der Waals surface area contributed by atoms with Gasteiger partial charge < -0.3 is 4.74 Å². The highest BCUT2D eigenvalue weighted by atomic mass is 16.5. The largest absolute Gasteiger partial charge is 0.374 e. The molecule has 5 nitrogen and oxygen atoms in total. The molecule has 1 saturated heterocycles. The SMILES string of the molecule is C=C(C)n1c(=O)n(CC2CN(Cc3ccccc3)CCO2)c2ccccc21. The molecule has 1 aromatic heterocycles. The lowest BCUT2D eigenvalue weighted by Gasteiger charge is -2.33. The van der Waals surface area contributed by atoms with E-state index in [2.05, 4.69) is 35.7 Å². The summed E-state index contributed by atoms with van der Waals surface area (Å²) in [5.74, 6) is 0. The van der Waals surface area contributed by atoms with Crippen molar-refractivity contribution < 1.29 is 4.74 Å². The lowest BCUT2D eigenvalue weighted by molar-refractivity contribution is -0.0387. The van der Waals surface area contributed by atoms with E-state index in [0.29, 0.717) is 13.2 Å². The van der Waals surface area contributed by atoms with Crippen LogP contribution >= 0.6 is 0 Å². The van der Waals surface area contributed by atoms with E-state index in [1.54, 1.807) is 4.57 Å². The predicted octanol–water partition coefficient (Wildman–Crippen LogP) is 3.19. The van der Waals surface area contributed by atoms with Gasteiger partial charge in [0.1, 0.15) is 0 Å². The van der Waals surface area contributed by atoms with Gasteiger partial charge in [0.25, 0.3) is 0 Å². The minimum atomic E-state index is -0.0486. The van der Waals surface area contributed by atoms with E-state index in [1.165, 1.54) is 5.56 Å². The third-order valence-electron chi connectivity index (χ3n) is 5.08. The van der Waals surface area contributed by atoms with Crippen LogP contribution in [-0.2, 0) is 17.8 Å². The Morgan fingerprint density at radius 2 is 1.81 bits per heavy atom. The number of hydrogen-bond donors (Lipinski definition) is 0. The van der Waals surface area contributed by atoms with Crippen molar-refractivity contribution in [1.82, 2.24) is 14.0 Å². The molecular weight excluding hydrogens is 338 g/mol. The van der Waals surface area contributed by atoms with Crippen molar-refractivity contribution in [3.05, 3.63) is 77.2 Å². The molecule has 1 aliphatic rings. The van der Waals surface area contributed by atoms with Gasteiger partial charge in [0, 0.05) is 25.3 Å². The number of rotatable bonds is 5. The van der Waals surface area contributed by atoms with Crippen LogP contribution < -0.4 is 5.69 Å². The van der Waals surface area contributed by atoms with Gasteiger partial charge in [0.15, 0.2) is 0 Å². The Morgan fingerprint density at radius 1 is 1.11 bits per heavy atom. The molecule has 5 heteroatoms. The van der Waals surface area contributed by atoms with Crippen molar-refractivity contribution in [3.63, 3.8) is 0 Å². The Balaban J connectivity index is 1.56. The summed E-state index contributed by atoms with van der Waals surface area (Å²) in [7, 11) is 0. The summed E-state index contributed by atoms with van der Waals surface area (Å²) in [5.41, 5.74) is 3.80. The molecule has 3 aromatic rings. The molecule has 0 aliphatic carbocycles. The third-order valence-corrected chi connectivity index (χ3v) is 5.08.